The zero-order valence-electron chi connectivity index (χ0n) is 69.2. The molecule has 4 saturated heterocycles. The van der Waals surface area contributed by atoms with E-state index in [-0.39, 0.29) is 90.1 Å². The lowest BCUT2D eigenvalue weighted by atomic mass is 9.79. The van der Waals surface area contributed by atoms with E-state index < -0.39 is 35.6 Å². The maximum absolute atomic E-state index is 13.6. The Labute approximate surface area is 703 Å². The summed E-state index contributed by atoms with van der Waals surface area (Å²) in [5.41, 5.74) is 15.5. The molecule has 0 bridgehead atoms. The Morgan fingerprint density at radius 1 is 0.517 bits per heavy atom. The zero-order chi connectivity index (χ0) is 85.7. The van der Waals surface area contributed by atoms with Gasteiger partial charge in [-0.25, -0.2) is 46.5 Å². The fraction of sp³-hybridized carbons (Fsp3) is 0.337. The molecule has 16 rings (SSSR count). The van der Waals surface area contributed by atoms with Crippen molar-refractivity contribution >= 4 is 110 Å². The standard InChI is InChI=1S/C30H32FN5O3.C24H23FN6O.C21H31BN2O5.C14H12BrFN4/c1-19(22-6-5-7-23(31)16-22)33-26-12-13-27-32-17-25(36(27)34-26)21-8-10-24(11-9-21)35-18-20(14-28(35)37)15-29(38)39-30(2,3)4;1-15(17-3-2-4-18(25)11-17)28-22-9-10-23-27-13-21(31(23)29-22)16-5-7-20(8-6-16)30-14-19(26)12-24(30)32;1-19(2,3)27-18(26)23-15-12-17(25)24(13-15)16-10-8-14(9-11-16)22-28-20(4,5)21(6,7)29-22;1-9(10-3-2-4-11(16)7-10)18-13-5-6-14-17-8-12(15)20(14)19-13/h5-13,16-17,19-20H,14-15,18H2,1-4H3,(H,33,34);2-11,13,15,19H,12,14,26H2,1H3,(H,28,29);8-11,15H,12-13H2,1-7H3,(H,23,26);2-9H,1H3,(H,18,19)/t19-,20-;15-,19+;15-;9-/m1101/s1. The highest BCUT2D eigenvalue weighted by atomic mass is 79.9. The summed E-state index contributed by atoms with van der Waals surface area (Å²) >= 11 is 3.38. The van der Waals surface area contributed by atoms with Gasteiger partial charge in [0.15, 0.2) is 16.9 Å². The number of nitrogens with two attached hydrogens (primary N) is 1. The van der Waals surface area contributed by atoms with Gasteiger partial charge in [0.25, 0.3) is 0 Å². The number of carbonyl (C=O) groups is 5. The van der Waals surface area contributed by atoms with Crippen molar-refractivity contribution in [1.82, 2.24) is 49.1 Å². The Balaban J connectivity index is 0.000000141. The molecule has 6 N–H and O–H groups in total. The first-order valence-corrected chi connectivity index (χ1v) is 40.5. The minimum absolute atomic E-state index is 0.00379. The zero-order valence-corrected chi connectivity index (χ0v) is 70.8. The molecule has 0 radical (unpaired) electrons. The van der Waals surface area contributed by atoms with E-state index in [0.717, 1.165) is 72.0 Å². The van der Waals surface area contributed by atoms with Gasteiger partial charge in [0, 0.05) is 73.1 Å². The Kier molecular flexibility index (Phi) is 25.6. The molecule has 0 spiro atoms. The van der Waals surface area contributed by atoms with Gasteiger partial charge in [-0.3, -0.25) is 19.2 Å². The molecule has 6 atom stereocenters. The van der Waals surface area contributed by atoms with Crippen LogP contribution in [0.25, 0.3) is 39.5 Å². The lowest BCUT2D eigenvalue weighted by molar-refractivity contribution is -0.155. The average molecular weight is 1700 g/mol. The molecular weight excluding hydrogens is 1600 g/mol. The molecule has 0 aliphatic carbocycles. The third-order valence-corrected chi connectivity index (χ3v) is 21.5. The molecule has 624 valence electrons. The van der Waals surface area contributed by atoms with E-state index in [2.05, 4.69) is 62.3 Å². The number of nitrogens with one attached hydrogen (secondary N) is 4. The number of halogens is 4. The van der Waals surface area contributed by atoms with Crippen LogP contribution in [0.2, 0.25) is 0 Å². The molecule has 0 saturated carbocycles. The normalized spacial score (nSPS) is 17.7. The number of alkyl carbamates (subject to hydrolysis) is 1. The number of aromatic nitrogens is 9. The Morgan fingerprint density at radius 3 is 1.33 bits per heavy atom. The van der Waals surface area contributed by atoms with Crippen LogP contribution >= 0.6 is 15.9 Å². The van der Waals surface area contributed by atoms with Gasteiger partial charge in [-0.15, -0.1) is 15.3 Å². The molecule has 4 fully saturated rings. The van der Waals surface area contributed by atoms with E-state index in [0.29, 0.717) is 61.2 Å². The number of hydrogen-bond acceptors (Lipinski definition) is 19. The molecule has 0 unspecified atom stereocenters. The molecular formula is C89H98BBrF3N17O9. The number of esters is 1. The topological polar surface area (TPSA) is 297 Å². The quantitative estimate of drug-likeness (QED) is 0.0394. The fourth-order valence-electron chi connectivity index (χ4n) is 14.2. The molecule has 31 heteroatoms. The summed E-state index contributed by atoms with van der Waals surface area (Å²) in [6.07, 6.45) is 5.89. The number of benzene rings is 6. The van der Waals surface area contributed by atoms with Crippen molar-refractivity contribution in [2.75, 3.05) is 50.3 Å². The lowest BCUT2D eigenvalue weighted by Crippen LogP contribution is -2.41. The van der Waals surface area contributed by atoms with Crippen LogP contribution in [-0.4, -0.2) is 135 Å². The number of hydrogen-bond donors (Lipinski definition) is 5. The van der Waals surface area contributed by atoms with Crippen molar-refractivity contribution in [3.05, 3.63) is 239 Å². The van der Waals surface area contributed by atoms with Gasteiger partial charge in [-0.2, -0.15) is 0 Å². The summed E-state index contributed by atoms with van der Waals surface area (Å²) in [5.74, 6) is 0.861. The number of ether oxygens (including phenoxy) is 2. The van der Waals surface area contributed by atoms with Crippen molar-refractivity contribution < 1.29 is 55.9 Å². The predicted molar refractivity (Wildman–Crippen MR) is 461 cm³/mol. The second kappa shape index (κ2) is 35.9. The highest BCUT2D eigenvalue weighted by molar-refractivity contribution is 9.10. The number of fused-ring (bicyclic) bond motifs is 3. The molecule has 120 heavy (non-hydrogen) atoms. The second-order valence-electron chi connectivity index (χ2n) is 33.3. The minimum Gasteiger partial charge on any atom is -0.460 e. The van der Waals surface area contributed by atoms with E-state index in [9.17, 15) is 37.1 Å². The summed E-state index contributed by atoms with van der Waals surface area (Å²) in [5, 5.41) is 26.5. The van der Waals surface area contributed by atoms with Crippen molar-refractivity contribution in [1.29, 1.82) is 0 Å². The molecule has 12 aromatic rings. The molecule has 10 heterocycles. The smallest absolute Gasteiger partial charge is 0.460 e. The average Bonchev–Trinajstić information content (AvgIpc) is 1.62. The first-order chi connectivity index (χ1) is 56.9. The number of rotatable bonds is 18. The van der Waals surface area contributed by atoms with E-state index in [1.165, 1.54) is 36.4 Å². The van der Waals surface area contributed by atoms with E-state index in [4.69, 9.17) is 29.6 Å². The van der Waals surface area contributed by atoms with Crippen molar-refractivity contribution in [2.45, 2.75) is 168 Å². The maximum Gasteiger partial charge on any atom is 0.494 e. The minimum atomic E-state index is -0.574. The predicted octanol–water partition coefficient (Wildman–Crippen LogP) is 16.0. The van der Waals surface area contributed by atoms with Crippen LogP contribution in [0.3, 0.4) is 0 Å². The maximum atomic E-state index is 13.6. The Morgan fingerprint density at radius 2 is 0.908 bits per heavy atom. The first kappa shape index (κ1) is 85.8. The van der Waals surface area contributed by atoms with Gasteiger partial charge >= 0.3 is 19.2 Å². The van der Waals surface area contributed by atoms with Gasteiger partial charge in [-0.1, -0.05) is 72.8 Å². The monoisotopic (exact) mass is 1700 g/mol. The van der Waals surface area contributed by atoms with Gasteiger partial charge in [-0.05, 0) is 243 Å². The Bertz CT molecular complexity index is 5690. The van der Waals surface area contributed by atoms with Crippen molar-refractivity contribution in [3.63, 3.8) is 0 Å². The first-order valence-electron chi connectivity index (χ1n) is 39.7. The fourth-order valence-corrected chi connectivity index (χ4v) is 14.5. The summed E-state index contributed by atoms with van der Waals surface area (Å²) in [4.78, 5) is 79.7. The number of imidazole rings is 3. The van der Waals surface area contributed by atoms with Crippen LogP contribution in [-0.2, 0) is 38.0 Å². The highest BCUT2D eigenvalue weighted by Gasteiger charge is 2.52. The molecule has 6 aromatic heterocycles. The van der Waals surface area contributed by atoms with Gasteiger partial charge < -0.3 is 60.5 Å². The van der Waals surface area contributed by atoms with E-state index in [1.807, 2.05) is 197 Å². The number of carbonyl (C=O) groups excluding carboxylic acids is 5. The molecule has 6 aromatic carbocycles. The molecule has 26 nitrogen and oxygen atoms in total. The summed E-state index contributed by atoms with van der Waals surface area (Å²) in [6, 6.07) is 53.0. The molecule has 4 aliphatic heterocycles. The van der Waals surface area contributed by atoms with Crippen LogP contribution in [0.1, 0.15) is 151 Å². The van der Waals surface area contributed by atoms with Crippen LogP contribution < -0.4 is 47.2 Å². The third kappa shape index (κ3) is 21.1. The SMILES string of the molecule is CC(C)(C)OC(=O)N[C@H]1CC(=O)N(c2ccc(B3OC(C)(C)C(C)(C)O3)cc2)C1.C[C@@H](Nc1ccc2ncc(-c3ccc(N4C[C@@H](CC(=O)OC(C)(C)C)CC4=O)cc3)n2n1)c1cccc(F)c1.C[C@@H](Nc1ccc2ncc(-c3ccc(N4C[C@@H](N)CC4=O)cc3)n2n1)c1cccc(F)c1.C[C@@H](Nc1ccc2ncc(Br)n2n1)c1cccc(F)c1. The summed E-state index contributed by atoms with van der Waals surface area (Å²) in [7, 11) is -0.440. The van der Waals surface area contributed by atoms with Gasteiger partial charge in [0.1, 0.15) is 50.7 Å². The van der Waals surface area contributed by atoms with Crippen LogP contribution in [0, 0.1) is 23.4 Å². The number of nitrogens with zero attached hydrogens (tertiary/aromatic N) is 12. The van der Waals surface area contributed by atoms with Crippen LogP contribution in [0.5, 0.6) is 0 Å². The third-order valence-electron chi connectivity index (χ3n) is 20.9. The van der Waals surface area contributed by atoms with Crippen molar-refractivity contribution in [3.8, 4) is 22.5 Å². The van der Waals surface area contributed by atoms with Crippen molar-refractivity contribution in [2.24, 2.45) is 11.7 Å². The van der Waals surface area contributed by atoms with Gasteiger partial charge in [0.2, 0.25) is 17.7 Å². The van der Waals surface area contributed by atoms with Gasteiger partial charge in [0.05, 0.1) is 71.8 Å². The van der Waals surface area contributed by atoms with Crippen LogP contribution in [0.4, 0.5) is 52.5 Å². The number of amides is 4. The molecule has 4 amide bonds. The largest absolute Gasteiger partial charge is 0.494 e. The molecule has 4 aliphatic rings. The van der Waals surface area contributed by atoms with Crippen LogP contribution in [0.15, 0.2) is 205 Å². The van der Waals surface area contributed by atoms with E-state index in [1.54, 1.807) is 85.8 Å². The highest BCUT2D eigenvalue weighted by Crippen LogP contribution is 2.38. The Hall–Kier alpha value is -12.1. The second-order valence-corrected chi connectivity index (χ2v) is 34.1. The van der Waals surface area contributed by atoms with E-state index >= 15 is 0 Å². The number of anilines is 6. The summed E-state index contributed by atoms with van der Waals surface area (Å²) < 4.78 is 69.3. The lowest BCUT2D eigenvalue weighted by Gasteiger charge is -2.32. The summed E-state index contributed by atoms with van der Waals surface area (Å²) in [6.45, 7) is 26.3.